The summed E-state index contributed by atoms with van der Waals surface area (Å²) < 4.78 is 40.0. The standard InChI is InChI=1S/C16H20F3N5/c1-10-6-15(21-11(2)20-10)23(3)7-12-4-5-14-22-13(16(17,18)19)9-24(14)8-12/h6,9,12H,4-5,7-8H2,1-3H3. The van der Waals surface area contributed by atoms with Crippen LogP contribution in [0.5, 0.6) is 0 Å². The Morgan fingerprint density at radius 1 is 1.25 bits per heavy atom. The van der Waals surface area contributed by atoms with E-state index in [0.29, 0.717) is 24.6 Å². The average molecular weight is 339 g/mol. The van der Waals surface area contributed by atoms with Gasteiger partial charge >= 0.3 is 6.18 Å². The minimum absolute atomic E-state index is 0.258. The molecule has 0 aromatic carbocycles. The Bertz CT molecular complexity index is 718. The van der Waals surface area contributed by atoms with Crippen molar-refractivity contribution in [3.8, 4) is 0 Å². The van der Waals surface area contributed by atoms with Gasteiger partial charge in [0.1, 0.15) is 17.5 Å². The summed E-state index contributed by atoms with van der Waals surface area (Å²) >= 11 is 0. The molecule has 8 heteroatoms. The molecule has 5 nitrogen and oxygen atoms in total. The maximum atomic E-state index is 12.8. The number of aryl methyl sites for hydroxylation is 3. The first-order chi connectivity index (χ1) is 11.2. The predicted octanol–water partition coefficient (Wildman–Crippen LogP) is 3.01. The number of halogens is 3. The molecule has 0 radical (unpaired) electrons. The zero-order valence-corrected chi connectivity index (χ0v) is 13.9. The molecule has 0 N–H and O–H groups in total. The Kier molecular flexibility index (Phi) is 4.23. The van der Waals surface area contributed by atoms with Crippen molar-refractivity contribution in [2.75, 3.05) is 18.5 Å². The van der Waals surface area contributed by atoms with Crippen molar-refractivity contribution in [2.45, 2.75) is 39.4 Å². The number of hydrogen-bond acceptors (Lipinski definition) is 4. The van der Waals surface area contributed by atoms with E-state index >= 15 is 0 Å². The maximum Gasteiger partial charge on any atom is 0.434 e. The van der Waals surface area contributed by atoms with E-state index in [0.717, 1.165) is 30.7 Å². The van der Waals surface area contributed by atoms with E-state index < -0.39 is 11.9 Å². The first-order valence-corrected chi connectivity index (χ1v) is 7.89. The monoisotopic (exact) mass is 339 g/mol. The van der Waals surface area contributed by atoms with Crippen LogP contribution >= 0.6 is 0 Å². The summed E-state index contributed by atoms with van der Waals surface area (Å²) in [6.45, 7) is 5.05. The first kappa shape index (κ1) is 16.7. The van der Waals surface area contributed by atoms with Crippen molar-refractivity contribution in [1.29, 1.82) is 0 Å². The van der Waals surface area contributed by atoms with E-state index in [9.17, 15) is 13.2 Å². The Morgan fingerprint density at radius 3 is 2.67 bits per heavy atom. The van der Waals surface area contributed by atoms with E-state index in [1.807, 2.05) is 31.9 Å². The van der Waals surface area contributed by atoms with E-state index in [2.05, 4.69) is 15.0 Å². The molecular weight excluding hydrogens is 319 g/mol. The van der Waals surface area contributed by atoms with E-state index in [1.165, 1.54) is 0 Å². The molecule has 0 spiro atoms. The zero-order valence-electron chi connectivity index (χ0n) is 13.9. The number of hydrogen-bond donors (Lipinski definition) is 0. The topological polar surface area (TPSA) is 46.8 Å². The fraction of sp³-hybridized carbons (Fsp3) is 0.562. The molecule has 130 valence electrons. The number of alkyl halides is 3. The second kappa shape index (κ2) is 6.07. The molecule has 0 bridgehead atoms. The van der Waals surface area contributed by atoms with Gasteiger partial charge in [-0.1, -0.05) is 0 Å². The minimum Gasteiger partial charge on any atom is -0.359 e. The quantitative estimate of drug-likeness (QED) is 0.862. The summed E-state index contributed by atoms with van der Waals surface area (Å²) in [5.41, 5.74) is 0.105. The summed E-state index contributed by atoms with van der Waals surface area (Å²) in [7, 11) is 1.95. The lowest BCUT2D eigenvalue weighted by Gasteiger charge is -2.28. The summed E-state index contributed by atoms with van der Waals surface area (Å²) in [4.78, 5) is 14.5. The van der Waals surface area contributed by atoms with Gasteiger partial charge < -0.3 is 9.47 Å². The smallest absolute Gasteiger partial charge is 0.359 e. The number of fused-ring (bicyclic) bond motifs is 1. The Labute approximate surface area is 138 Å². The van der Waals surface area contributed by atoms with Crippen LogP contribution in [-0.2, 0) is 19.1 Å². The third kappa shape index (κ3) is 3.52. The fourth-order valence-corrected chi connectivity index (χ4v) is 3.17. The molecule has 24 heavy (non-hydrogen) atoms. The lowest BCUT2D eigenvalue weighted by Crippen LogP contribution is -2.32. The van der Waals surface area contributed by atoms with Crippen LogP contribution in [0.2, 0.25) is 0 Å². The molecule has 0 aliphatic carbocycles. The predicted molar refractivity (Wildman–Crippen MR) is 83.8 cm³/mol. The highest BCUT2D eigenvalue weighted by molar-refractivity contribution is 5.38. The van der Waals surface area contributed by atoms with E-state index in [1.54, 1.807) is 4.57 Å². The molecular formula is C16H20F3N5. The molecule has 3 heterocycles. The van der Waals surface area contributed by atoms with Crippen LogP contribution in [0.25, 0.3) is 0 Å². The van der Waals surface area contributed by atoms with E-state index in [4.69, 9.17) is 0 Å². The molecule has 1 aliphatic heterocycles. The molecule has 2 aromatic rings. The van der Waals surface area contributed by atoms with Crippen molar-refractivity contribution in [1.82, 2.24) is 19.5 Å². The highest BCUT2D eigenvalue weighted by atomic mass is 19.4. The van der Waals surface area contributed by atoms with Gasteiger partial charge in [-0.05, 0) is 26.2 Å². The number of nitrogens with zero attached hydrogens (tertiary/aromatic N) is 5. The van der Waals surface area contributed by atoms with Gasteiger partial charge in [0.2, 0.25) is 0 Å². The second-order valence-corrected chi connectivity index (χ2v) is 6.39. The normalized spacial score (nSPS) is 17.7. The second-order valence-electron chi connectivity index (χ2n) is 6.39. The van der Waals surface area contributed by atoms with Crippen molar-refractivity contribution in [3.63, 3.8) is 0 Å². The Hall–Kier alpha value is -2.12. The highest BCUT2D eigenvalue weighted by Gasteiger charge is 2.35. The lowest BCUT2D eigenvalue weighted by molar-refractivity contribution is -0.141. The van der Waals surface area contributed by atoms with Crippen molar-refractivity contribution in [2.24, 2.45) is 5.92 Å². The number of anilines is 1. The van der Waals surface area contributed by atoms with Crippen LogP contribution in [0.1, 0.15) is 29.5 Å². The van der Waals surface area contributed by atoms with Gasteiger partial charge in [0, 0.05) is 44.5 Å². The summed E-state index contributed by atoms with van der Waals surface area (Å²) in [5, 5.41) is 0. The molecule has 0 amide bonds. The molecule has 3 rings (SSSR count). The van der Waals surface area contributed by atoms with Gasteiger partial charge in [0.25, 0.3) is 0 Å². The SMILES string of the molecule is Cc1cc(N(C)CC2CCc3nc(C(F)(F)F)cn3C2)nc(C)n1. The maximum absolute atomic E-state index is 12.8. The van der Waals surface area contributed by atoms with Crippen LogP contribution in [0, 0.1) is 19.8 Å². The van der Waals surface area contributed by atoms with Gasteiger partial charge in [-0.3, -0.25) is 0 Å². The molecule has 1 atom stereocenters. The highest BCUT2D eigenvalue weighted by Crippen LogP contribution is 2.31. The fourth-order valence-electron chi connectivity index (χ4n) is 3.17. The third-order valence-corrected chi connectivity index (χ3v) is 4.26. The summed E-state index contributed by atoms with van der Waals surface area (Å²) in [6.07, 6.45) is -1.87. The van der Waals surface area contributed by atoms with Crippen molar-refractivity contribution in [3.05, 3.63) is 35.3 Å². The van der Waals surface area contributed by atoms with Gasteiger partial charge in [0.05, 0.1) is 0 Å². The molecule has 0 fully saturated rings. The lowest BCUT2D eigenvalue weighted by atomic mass is 9.99. The Morgan fingerprint density at radius 2 is 2.00 bits per heavy atom. The van der Waals surface area contributed by atoms with Crippen LogP contribution in [0.4, 0.5) is 19.0 Å². The molecule has 0 saturated heterocycles. The van der Waals surface area contributed by atoms with Crippen LogP contribution in [0.15, 0.2) is 12.3 Å². The molecule has 2 aromatic heterocycles. The van der Waals surface area contributed by atoms with Crippen LogP contribution in [0.3, 0.4) is 0 Å². The van der Waals surface area contributed by atoms with Crippen LogP contribution < -0.4 is 4.90 Å². The third-order valence-electron chi connectivity index (χ3n) is 4.26. The Balaban J connectivity index is 1.70. The van der Waals surface area contributed by atoms with Gasteiger partial charge in [-0.25, -0.2) is 15.0 Å². The number of imidazole rings is 1. The largest absolute Gasteiger partial charge is 0.434 e. The summed E-state index contributed by atoms with van der Waals surface area (Å²) in [6, 6.07) is 1.92. The summed E-state index contributed by atoms with van der Waals surface area (Å²) in [5.74, 6) is 2.34. The van der Waals surface area contributed by atoms with Crippen molar-refractivity contribution < 1.29 is 13.2 Å². The average Bonchev–Trinajstić information content (AvgIpc) is 2.89. The number of rotatable bonds is 3. The molecule has 1 unspecified atom stereocenters. The van der Waals surface area contributed by atoms with Gasteiger partial charge in [-0.15, -0.1) is 0 Å². The van der Waals surface area contributed by atoms with Crippen LogP contribution in [-0.4, -0.2) is 33.1 Å². The zero-order chi connectivity index (χ0) is 17.5. The van der Waals surface area contributed by atoms with Gasteiger partial charge in [-0.2, -0.15) is 13.2 Å². The van der Waals surface area contributed by atoms with Crippen molar-refractivity contribution >= 4 is 5.82 Å². The van der Waals surface area contributed by atoms with E-state index in [-0.39, 0.29) is 5.92 Å². The first-order valence-electron chi connectivity index (χ1n) is 7.89. The minimum atomic E-state index is -4.38. The molecule has 1 aliphatic rings. The van der Waals surface area contributed by atoms with Gasteiger partial charge in [0.15, 0.2) is 5.69 Å². The molecule has 0 saturated carbocycles. The number of aromatic nitrogens is 4.